The summed E-state index contributed by atoms with van der Waals surface area (Å²) in [6.45, 7) is 0. The summed E-state index contributed by atoms with van der Waals surface area (Å²) < 4.78 is 8.86. The minimum Gasteiger partial charge on any atom is -0.456 e. The number of hydrogen-bond acceptors (Lipinski definition) is 3. The van der Waals surface area contributed by atoms with Crippen LogP contribution in [-0.4, -0.2) is 14.5 Å². The van der Waals surface area contributed by atoms with Crippen LogP contribution >= 0.6 is 0 Å². The highest BCUT2D eigenvalue weighted by molar-refractivity contribution is 6.36. The molecule has 10 aromatic carbocycles. The van der Waals surface area contributed by atoms with Crippen LogP contribution in [0.4, 0.5) is 0 Å². The molecule has 0 bridgehead atoms. The molecule has 13 rings (SSSR count). The highest BCUT2D eigenvalue weighted by atomic mass is 16.3. The van der Waals surface area contributed by atoms with Crippen LogP contribution in [0.5, 0.6) is 0 Å². The van der Waals surface area contributed by atoms with Crippen molar-refractivity contribution in [1.29, 1.82) is 0 Å². The second kappa shape index (κ2) is 11.0. The predicted molar refractivity (Wildman–Crippen MR) is 234 cm³/mol. The Morgan fingerprint density at radius 1 is 0.375 bits per heavy atom. The number of furan rings is 1. The number of nitrogens with zero attached hydrogens (tertiary/aromatic N) is 3. The lowest BCUT2D eigenvalue weighted by atomic mass is 9.91. The van der Waals surface area contributed by atoms with Gasteiger partial charge in [0.25, 0.3) is 0 Å². The maximum absolute atomic E-state index is 6.46. The molecule has 56 heavy (non-hydrogen) atoms. The normalized spacial score (nSPS) is 12.3. The van der Waals surface area contributed by atoms with E-state index in [9.17, 15) is 0 Å². The third kappa shape index (κ3) is 3.92. The van der Waals surface area contributed by atoms with Crippen LogP contribution in [-0.2, 0) is 0 Å². The van der Waals surface area contributed by atoms with E-state index in [1.165, 1.54) is 48.5 Å². The zero-order chi connectivity index (χ0) is 36.5. The molecule has 258 valence electrons. The van der Waals surface area contributed by atoms with Crippen LogP contribution in [0.15, 0.2) is 180 Å². The average molecular weight is 712 g/mol. The summed E-state index contributed by atoms with van der Waals surface area (Å²) in [4.78, 5) is 11.4. The van der Waals surface area contributed by atoms with Crippen molar-refractivity contribution in [2.24, 2.45) is 0 Å². The van der Waals surface area contributed by atoms with Crippen LogP contribution in [0.2, 0.25) is 0 Å². The summed E-state index contributed by atoms with van der Waals surface area (Å²) in [5.74, 6) is 0.785. The second-order valence-corrected chi connectivity index (χ2v) is 14.8. The van der Waals surface area contributed by atoms with E-state index in [-0.39, 0.29) is 0 Å². The predicted octanol–water partition coefficient (Wildman–Crippen LogP) is 14.1. The lowest BCUT2D eigenvalue weighted by Crippen LogP contribution is -2.04. The highest BCUT2D eigenvalue weighted by Gasteiger charge is 2.25. The van der Waals surface area contributed by atoms with E-state index in [1.807, 2.05) is 12.1 Å². The first kappa shape index (κ1) is 29.8. The van der Waals surface area contributed by atoms with E-state index in [1.54, 1.807) is 0 Å². The molecule has 4 nitrogen and oxygen atoms in total. The summed E-state index contributed by atoms with van der Waals surface area (Å²) in [7, 11) is 0. The van der Waals surface area contributed by atoms with Gasteiger partial charge < -0.3 is 4.42 Å². The molecule has 0 radical (unpaired) electrons. The van der Waals surface area contributed by atoms with Crippen molar-refractivity contribution in [1.82, 2.24) is 14.5 Å². The molecular weight excluding hydrogens is 683 g/mol. The first-order chi connectivity index (χ1) is 27.8. The highest BCUT2D eigenvalue weighted by Crippen LogP contribution is 2.47. The van der Waals surface area contributed by atoms with Crippen molar-refractivity contribution < 1.29 is 4.42 Å². The van der Waals surface area contributed by atoms with E-state index < -0.39 is 0 Å². The van der Waals surface area contributed by atoms with Gasteiger partial charge in [-0.2, -0.15) is 0 Å². The molecule has 0 saturated carbocycles. The summed E-state index contributed by atoms with van der Waals surface area (Å²) in [5.41, 5.74) is 7.39. The first-order valence-electron chi connectivity index (χ1n) is 19.1. The van der Waals surface area contributed by atoms with Crippen molar-refractivity contribution in [2.75, 3.05) is 0 Å². The maximum Gasteiger partial charge on any atom is 0.165 e. The largest absolute Gasteiger partial charge is 0.456 e. The van der Waals surface area contributed by atoms with E-state index in [0.717, 1.165) is 77.2 Å². The zero-order valence-electron chi connectivity index (χ0n) is 30.0. The fourth-order valence-corrected chi connectivity index (χ4v) is 9.57. The van der Waals surface area contributed by atoms with Gasteiger partial charge in [0.15, 0.2) is 5.82 Å². The Morgan fingerprint density at radius 2 is 0.964 bits per heavy atom. The summed E-state index contributed by atoms with van der Waals surface area (Å²) >= 11 is 0. The van der Waals surface area contributed by atoms with Gasteiger partial charge in [0.05, 0.1) is 22.1 Å². The summed E-state index contributed by atoms with van der Waals surface area (Å²) in [6, 6.07) is 62.9. The van der Waals surface area contributed by atoms with Gasteiger partial charge in [-0.25, -0.2) is 9.97 Å². The van der Waals surface area contributed by atoms with E-state index >= 15 is 0 Å². The monoisotopic (exact) mass is 711 g/mol. The maximum atomic E-state index is 6.46. The van der Waals surface area contributed by atoms with Crippen molar-refractivity contribution in [3.63, 3.8) is 0 Å². The fourth-order valence-electron chi connectivity index (χ4n) is 9.57. The smallest absolute Gasteiger partial charge is 0.165 e. The van der Waals surface area contributed by atoms with E-state index in [0.29, 0.717) is 0 Å². The molecule has 0 aliphatic rings. The topological polar surface area (TPSA) is 43.9 Å². The first-order valence-corrected chi connectivity index (χ1v) is 19.1. The molecule has 0 saturated heterocycles. The Labute approximate surface area is 319 Å². The molecule has 0 amide bonds. The molecule has 0 atom stereocenters. The van der Waals surface area contributed by atoms with Crippen LogP contribution < -0.4 is 0 Å². The molecule has 0 fully saturated rings. The molecule has 0 aliphatic carbocycles. The van der Waals surface area contributed by atoms with Gasteiger partial charge in [-0.1, -0.05) is 152 Å². The minimum absolute atomic E-state index is 0.785. The van der Waals surface area contributed by atoms with Crippen LogP contribution in [0, 0.1) is 0 Å². The van der Waals surface area contributed by atoms with Crippen molar-refractivity contribution in [3.8, 4) is 17.1 Å². The second-order valence-electron chi connectivity index (χ2n) is 14.8. The van der Waals surface area contributed by atoms with Crippen LogP contribution in [0.1, 0.15) is 0 Å². The number of benzene rings is 10. The molecule has 0 unspecified atom stereocenters. The molecule has 3 aromatic heterocycles. The number of hydrogen-bond donors (Lipinski definition) is 0. The van der Waals surface area contributed by atoms with Gasteiger partial charge in [-0.05, 0) is 62.0 Å². The number of fused-ring (bicyclic) bond motifs is 18. The SMILES string of the molecule is c1ccc2c(c1)ccc1nc(-c3cccc4oc5ccccc5c34)c(-n3c4ccc5c6ccccc6c6ccccc6c5c4c4ccc5ccccc5c43)nc12. The van der Waals surface area contributed by atoms with Gasteiger partial charge in [0.2, 0.25) is 0 Å². The quantitative estimate of drug-likeness (QED) is 0.168. The van der Waals surface area contributed by atoms with E-state index in [4.69, 9.17) is 14.4 Å². The Hall–Kier alpha value is -7.56. The lowest BCUT2D eigenvalue weighted by Gasteiger charge is -2.16. The number of rotatable bonds is 2. The molecular formula is C52H29N3O. The standard InChI is InChI=1S/C52H29N3O/c1-3-14-32-30(12-1)25-28-42-49(32)54-52(50(53-42)40-21-11-23-45-46(40)39-20-9-10-22-44(39)56-45)55-43-29-27-38-36-18-6-5-16-34(36)35-17-7-8-19-37(35)47(38)48(43)41-26-24-31-13-2-4-15-33(31)51(41)55/h1-29H. The Balaban J connectivity index is 1.29. The molecule has 0 N–H and O–H groups in total. The Kier molecular flexibility index (Phi) is 5.86. The number of para-hydroxylation sites is 1. The fraction of sp³-hybridized carbons (Fsp3) is 0. The van der Waals surface area contributed by atoms with Crippen molar-refractivity contribution in [3.05, 3.63) is 176 Å². The molecule has 3 heterocycles. The van der Waals surface area contributed by atoms with E-state index in [2.05, 4.69) is 168 Å². The van der Waals surface area contributed by atoms with Gasteiger partial charge in [-0.3, -0.25) is 4.57 Å². The van der Waals surface area contributed by atoms with Gasteiger partial charge >= 0.3 is 0 Å². The lowest BCUT2D eigenvalue weighted by molar-refractivity contribution is 0.669. The van der Waals surface area contributed by atoms with Crippen molar-refractivity contribution >= 4 is 109 Å². The molecule has 0 spiro atoms. The van der Waals surface area contributed by atoms with Gasteiger partial charge in [-0.15, -0.1) is 0 Å². The molecule has 13 aromatic rings. The average Bonchev–Trinajstić information content (AvgIpc) is 3.82. The van der Waals surface area contributed by atoms with Crippen molar-refractivity contribution in [2.45, 2.75) is 0 Å². The third-order valence-electron chi connectivity index (χ3n) is 11.9. The summed E-state index contributed by atoms with van der Waals surface area (Å²) in [5, 5.41) is 16.5. The zero-order valence-corrected chi connectivity index (χ0v) is 30.0. The Bertz CT molecular complexity index is 3800. The van der Waals surface area contributed by atoms with Gasteiger partial charge in [0.1, 0.15) is 16.9 Å². The minimum atomic E-state index is 0.785. The third-order valence-corrected chi connectivity index (χ3v) is 11.9. The van der Waals surface area contributed by atoms with Crippen LogP contribution in [0.25, 0.3) is 126 Å². The summed E-state index contributed by atoms with van der Waals surface area (Å²) in [6.07, 6.45) is 0. The number of aromatic nitrogens is 3. The molecule has 0 aliphatic heterocycles. The van der Waals surface area contributed by atoms with Gasteiger partial charge in [0, 0.05) is 43.3 Å². The van der Waals surface area contributed by atoms with Crippen LogP contribution in [0.3, 0.4) is 0 Å². The Morgan fingerprint density at radius 3 is 1.77 bits per heavy atom. The molecule has 4 heteroatoms.